The Labute approximate surface area is 160 Å². The molecule has 2 aromatic carbocycles. The molecule has 3 rings (SSSR count). The Morgan fingerprint density at radius 1 is 1.00 bits per heavy atom. The largest absolute Gasteiger partial charge is 0.497 e. The SMILES string of the molecule is COC(=O)c1cccc(C(=O)Nc2n[nH]c(-c3ccc(OC)cc3OC)n2)c1. The third kappa shape index (κ3) is 3.93. The molecule has 0 bridgehead atoms. The molecule has 0 aliphatic heterocycles. The zero-order valence-corrected chi connectivity index (χ0v) is 15.5. The first-order valence-electron chi connectivity index (χ1n) is 8.20. The quantitative estimate of drug-likeness (QED) is 0.629. The lowest BCUT2D eigenvalue weighted by Gasteiger charge is -2.07. The first-order chi connectivity index (χ1) is 13.5. The van der Waals surface area contributed by atoms with E-state index in [-0.39, 0.29) is 17.1 Å². The second-order valence-corrected chi connectivity index (χ2v) is 5.60. The number of ether oxygens (including phenoxy) is 3. The first kappa shape index (κ1) is 18.9. The molecule has 9 heteroatoms. The summed E-state index contributed by atoms with van der Waals surface area (Å²) in [6.07, 6.45) is 0. The molecule has 1 amide bonds. The predicted octanol–water partition coefficient (Wildman–Crippen LogP) is 2.53. The van der Waals surface area contributed by atoms with Crippen LogP contribution in [-0.2, 0) is 4.74 Å². The van der Waals surface area contributed by atoms with Crippen LogP contribution in [0, 0.1) is 0 Å². The third-order valence-electron chi connectivity index (χ3n) is 3.92. The maximum Gasteiger partial charge on any atom is 0.337 e. The summed E-state index contributed by atoms with van der Waals surface area (Å²) < 4.78 is 15.2. The summed E-state index contributed by atoms with van der Waals surface area (Å²) in [4.78, 5) is 28.3. The number of amides is 1. The molecule has 0 saturated heterocycles. The Bertz CT molecular complexity index is 1020. The van der Waals surface area contributed by atoms with Crippen molar-refractivity contribution in [3.05, 3.63) is 53.6 Å². The van der Waals surface area contributed by atoms with Gasteiger partial charge in [0.25, 0.3) is 5.91 Å². The van der Waals surface area contributed by atoms with Gasteiger partial charge in [-0.05, 0) is 30.3 Å². The zero-order valence-electron chi connectivity index (χ0n) is 15.5. The molecule has 2 N–H and O–H groups in total. The van der Waals surface area contributed by atoms with Gasteiger partial charge >= 0.3 is 5.97 Å². The molecule has 0 saturated carbocycles. The molecule has 1 heterocycles. The number of carbonyl (C=O) groups is 2. The molecular weight excluding hydrogens is 364 g/mol. The minimum atomic E-state index is -0.526. The summed E-state index contributed by atoms with van der Waals surface area (Å²) in [5, 5.41) is 9.34. The van der Waals surface area contributed by atoms with Gasteiger partial charge in [0.2, 0.25) is 5.95 Å². The fourth-order valence-corrected chi connectivity index (χ4v) is 2.51. The predicted molar refractivity (Wildman–Crippen MR) is 101 cm³/mol. The van der Waals surface area contributed by atoms with Gasteiger partial charge in [0.05, 0.1) is 32.5 Å². The average Bonchev–Trinajstić information content (AvgIpc) is 3.20. The lowest BCUT2D eigenvalue weighted by atomic mass is 10.1. The van der Waals surface area contributed by atoms with E-state index in [1.54, 1.807) is 43.5 Å². The summed E-state index contributed by atoms with van der Waals surface area (Å²) >= 11 is 0. The van der Waals surface area contributed by atoms with Crippen LogP contribution in [-0.4, -0.2) is 48.4 Å². The highest BCUT2D eigenvalue weighted by atomic mass is 16.5. The Balaban J connectivity index is 1.80. The van der Waals surface area contributed by atoms with Gasteiger partial charge in [-0.1, -0.05) is 6.07 Å². The number of carbonyl (C=O) groups excluding carboxylic acids is 2. The third-order valence-corrected chi connectivity index (χ3v) is 3.92. The molecule has 3 aromatic rings. The topological polar surface area (TPSA) is 115 Å². The minimum absolute atomic E-state index is 0.0846. The average molecular weight is 382 g/mol. The molecule has 144 valence electrons. The number of hydrogen-bond acceptors (Lipinski definition) is 7. The van der Waals surface area contributed by atoms with Crippen molar-refractivity contribution in [1.29, 1.82) is 0 Å². The van der Waals surface area contributed by atoms with Gasteiger partial charge in [-0.2, -0.15) is 4.98 Å². The minimum Gasteiger partial charge on any atom is -0.497 e. The van der Waals surface area contributed by atoms with E-state index in [9.17, 15) is 9.59 Å². The maximum absolute atomic E-state index is 12.4. The van der Waals surface area contributed by atoms with Crippen LogP contribution < -0.4 is 14.8 Å². The molecule has 0 unspecified atom stereocenters. The Morgan fingerprint density at radius 3 is 2.50 bits per heavy atom. The van der Waals surface area contributed by atoms with E-state index in [1.807, 2.05) is 0 Å². The van der Waals surface area contributed by atoms with Gasteiger partial charge in [0, 0.05) is 11.6 Å². The zero-order chi connectivity index (χ0) is 20.1. The highest BCUT2D eigenvalue weighted by Crippen LogP contribution is 2.31. The number of benzene rings is 2. The van der Waals surface area contributed by atoms with Gasteiger partial charge in [-0.15, -0.1) is 5.10 Å². The van der Waals surface area contributed by atoms with Crippen LogP contribution in [0.25, 0.3) is 11.4 Å². The smallest absolute Gasteiger partial charge is 0.337 e. The van der Waals surface area contributed by atoms with Crippen molar-refractivity contribution >= 4 is 17.8 Å². The number of nitrogens with zero attached hydrogens (tertiary/aromatic N) is 2. The molecule has 0 aliphatic rings. The monoisotopic (exact) mass is 382 g/mol. The van der Waals surface area contributed by atoms with Crippen LogP contribution in [0.4, 0.5) is 5.95 Å². The number of aromatic amines is 1. The molecule has 0 fully saturated rings. The van der Waals surface area contributed by atoms with Gasteiger partial charge in [0.15, 0.2) is 5.82 Å². The Hall–Kier alpha value is -3.88. The molecule has 0 spiro atoms. The molecule has 0 radical (unpaired) electrons. The first-order valence-corrected chi connectivity index (χ1v) is 8.20. The van der Waals surface area contributed by atoms with Gasteiger partial charge < -0.3 is 14.2 Å². The second kappa shape index (κ2) is 8.21. The van der Waals surface area contributed by atoms with Crippen molar-refractivity contribution in [3.63, 3.8) is 0 Å². The van der Waals surface area contributed by atoms with Gasteiger partial charge in [0.1, 0.15) is 11.5 Å². The van der Waals surface area contributed by atoms with Crippen molar-refractivity contribution in [1.82, 2.24) is 15.2 Å². The molecule has 28 heavy (non-hydrogen) atoms. The fourth-order valence-electron chi connectivity index (χ4n) is 2.51. The van der Waals surface area contributed by atoms with E-state index < -0.39 is 11.9 Å². The number of nitrogens with one attached hydrogen (secondary N) is 2. The van der Waals surface area contributed by atoms with Crippen LogP contribution in [0.2, 0.25) is 0 Å². The van der Waals surface area contributed by atoms with E-state index in [2.05, 4.69) is 25.2 Å². The van der Waals surface area contributed by atoms with E-state index in [0.29, 0.717) is 22.9 Å². The summed E-state index contributed by atoms with van der Waals surface area (Å²) in [7, 11) is 4.37. The standard InChI is InChI=1S/C19H18N4O5/c1-26-13-7-8-14(15(10-13)27-2)16-20-19(23-22-16)21-17(24)11-5-4-6-12(9-11)18(25)28-3/h4-10H,1-3H3,(H2,20,21,22,23,24). The van der Waals surface area contributed by atoms with E-state index >= 15 is 0 Å². The number of anilines is 1. The fraction of sp³-hybridized carbons (Fsp3) is 0.158. The van der Waals surface area contributed by atoms with Crippen LogP contribution in [0.1, 0.15) is 20.7 Å². The van der Waals surface area contributed by atoms with Crippen molar-refractivity contribution in [2.45, 2.75) is 0 Å². The second-order valence-electron chi connectivity index (χ2n) is 5.60. The number of esters is 1. The number of hydrogen-bond donors (Lipinski definition) is 2. The normalized spacial score (nSPS) is 10.2. The summed E-state index contributed by atoms with van der Waals surface area (Å²) in [6, 6.07) is 11.4. The maximum atomic E-state index is 12.4. The van der Waals surface area contributed by atoms with Crippen LogP contribution in [0.5, 0.6) is 11.5 Å². The summed E-state index contributed by atoms with van der Waals surface area (Å²) in [5.74, 6) is 0.692. The van der Waals surface area contributed by atoms with E-state index in [1.165, 1.54) is 20.3 Å². The van der Waals surface area contributed by atoms with Crippen molar-refractivity contribution in [2.24, 2.45) is 0 Å². The van der Waals surface area contributed by atoms with Crippen LogP contribution in [0.3, 0.4) is 0 Å². The summed E-state index contributed by atoms with van der Waals surface area (Å²) in [5.41, 5.74) is 1.20. The van der Waals surface area contributed by atoms with Crippen molar-refractivity contribution in [3.8, 4) is 22.9 Å². The lowest BCUT2D eigenvalue weighted by Crippen LogP contribution is -2.14. The number of methoxy groups -OCH3 is 3. The number of rotatable bonds is 6. The van der Waals surface area contributed by atoms with Crippen LogP contribution in [0.15, 0.2) is 42.5 Å². The van der Waals surface area contributed by atoms with Crippen LogP contribution >= 0.6 is 0 Å². The molecular formula is C19H18N4O5. The van der Waals surface area contributed by atoms with E-state index in [0.717, 1.165) is 0 Å². The molecule has 9 nitrogen and oxygen atoms in total. The van der Waals surface area contributed by atoms with Crippen molar-refractivity contribution < 1.29 is 23.8 Å². The molecule has 0 atom stereocenters. The van der Waals surface area contributed by atoms with Gasteiger partial charge in [-0.3, -0.25) is 15.2 Å². The molecule has 1 aromatic heterocycles. The Kier molecular flexibility index (Phi) is 5.54. The summed E-state index contributed by atoms with van der Waals surface area (Å²) in [6.45, 7) is 0. The highest BCUT2D eigenvalue weighted by molar-refractivity contribution is 6.04. The Morgan fingerprint density at radius 2 is 1.79 bits per heavy atom. The lowest BCUT2D eigenvalue weighted by molar-refractivity contribution is 0.0600. The van der Waals surface area contributed by atoms with E-state index in [4.69, 9.17) is 9.47 Å². The van der Waals surface area contributed by atoms with Gasteiger partial charge in [-0.25, -0.2) is 4.79 Å². The van der Waals surface area contributed by atoms with Crippen molar-refractivity contribution in [2.75, 3.05) is 26.6 Å². The number of H-pyrrole nitrogens is 1. The highest BCUT2D eigenvalue weighted by Gasteiger charge is 2.15. The number of aromatic nitrogens is 3. The molecule has 0 aliphatic carbocycles.